The molecule has 0 bridgehead atoms. The van der Waals surface area contributed by atoms with Crippen molar-refractivity contribution in [2.45, 2.75) is 26.4 Å². The van der Waals surface area contributed by atoms with Crippen LogP contribution < -0.4 is 14.8 Å². The number of amides is 1. The van der Waals surface area contributed by atoms with Gasteiger partial charge in [0.05, 0.1) is 7.11 Å². The predicted octanol–water partition coefficient (Wildman–Crippen LogP) is 5.47. The smallest absolute Gasteiger partial charge is 0.251 e. The fourth-order valence-corrected chi connectivity index (χ4v) is 3.05. The van der Waals surface area contributed by atoms with Crippen molar-refractivity contribution >= 4 is 5.91 Å². The van der Waals surface area contributed by atoms with E-state index in [1.165, 1.54) is 5.56 Å². The van der Waals surface area contributed by atoms with Crippen LogP contribution >= 0.6 is 0 Å². The Morgan fingerprint density at radius 1 is 0.931 bits per heavy atom. The minimum absolute atomic E-state index is 0.0745. The van der Waals surface area contributed by atoms with Crippen LogP contribution in [0.2, 0.25) is 0 Å². The van der Waals surface area contributed by atoms with Gasteiger partial charge in [0.2, 0.25) is 0 Å². The Hall–Kier alpha value is -3.27. The van der Waals surface area contributed by atoms with Crippen LogP contribution in [-0.4, -0.2) is 19.6 Å². The summed E-state index contributed by atoms with van der Waals surface area (Å²) in [5.41, 5.74) is 3.76. The highest BCUT2D eigenvalue weighted by atomic mass is 16.5. The van der Waals surface area contributed by atoms with Gasteiger partial charge in [-0.15, -0.1) is 0 Å². The van der Waals surface area contributed by atoms with Gasteiger partial charge in [-0.25, -0.2) is 0 Å². The first-order chi connectivity index (χ1) is 14.2. The van der Waals surface area contributed by atoms with Crippen molar-refractivity contribution in [3.8, 4) is 22.6 Å². The Kier molecular flexibility index (Phi) is 7.28. The Morgan fingerprint density at radius 2 is 1.66 bits per heavy atom. The summed E-state index contributed by atoms with van der Waals surface area (Å²) in [7, 11) is 1.62. The molecule has 0 saturated heterocycles. The Morgan fingerprint density at radius 3 is 2.34 bits per heavy atom. The molecule has 0 saturated carbocycles. The molecule has 4 heteroatoms. The van der Waals surface area contributed by atoms with E-state index >= 15 is 0 Å². The highest BCUT2D eigenvalue weighted by molar-refractivity contribution is 5.94. The molecule has 0 aromatic heterocycles. The molecule has 150 valence electrons. The average molecular weight is 389 g/mol. The number of hydrogen-bond acceptors (Lipinski definition) is 3. The maximum absolute atomic E-state index is 12.3. The highest BCUT2D eigenvalue weighted by Gasteiger charge is 2.11. The molecule has 29 heavy (non-hydrogen) atoms. The third kappa shape index (κ3) is 5.61. The van der Waals surface area contributed by atoms with Gasteiger partial charge in [-0.3, -0.25) is 4.79 Å². The Bertz CT molecular complexity index is 921. The number of methoxy groups -OCH3 is 1. The topological polar surface area (TPSA) is 47.6 Å². The number of carbonyl (C=O) groups is 1. The lowest BCUT2D eigenvalue weighted by Crippen LogP contribution is -2.24. The second-order valence-corrected chi connectivity index (χ2v) is 6.82. The average Bonchev–Trinajstić information content (AvgIpc) is 2.78. The van der Waals surface area contributed by atoms with E-state index in [2.05, 4.69) is 24.4 Å². The van der Waals surface area contributed by atoms with Gasteiger partial charge in [0.1, 0.15) is 18.1 Å². The van der Waals surface area contributed by atoms with Crippen LogP contribution in [0.25, 0.3) is 11.1 Å². The summed E-state index contributed by atoms with van der Waals surface area (Å²) in [5, 5.41) is 2.94. The van der Waals surface area contributed by atoms with Crippen LogP contribution in [0.1, 0.15) is 35.7 Å². The van der Waals surface area contributed by atoms with Crippen molar-refractivity contribution < 1.29 is 14.3 Å². The van der Waals surface area contributed by atoms with Crippen LogP contribution in [0, 0.1) is 0 Å². The molecule has 3 aromatic carbocycles. The van der Waals surface area contributed by atoms with Crippen LogP contribution in [0.3, 0.4) is 0 Å². The lowest BCUT2D eigenvalue weighted by atomic mass is 10.1. The molecule has 0 radical (unpaired) electrons. The van der Waals surface area contributed by atoms with E-state index in [9.17, 15) is 4.79 Å². The van der Waals surface area contributed by atoms with E-state index in [-0.39, 0.29) is 5.91 Å². The second-order valence-electron chi connectivity index (χ2n) is 6.82. The summed E-state index contributed by atoms with van der Waals surface area (Å²) in [6.45, 7) is 3.10. The van der Waals surface area contributed by atoms with Gasteiger partial charge in [-0.2, -0.15) is 0 Å². The summed E-state index contributed by atoms with van der Waals surface area (Å²) in [6.07, 6.45) is 2.02. The van der Waals surface area contributed by atoms with Gasteiger partial charge < -0.3 is 14.8 Å². The SMILES string of the molecule is CCCCNC(=O)c1ccc(OC)c(COc2ccc(-c3ccccc3)cc2)c1. The summed E-state index contributed by atoms with van der Waals surface area (Å²) >= 11 is 0. The van der Waals surface area contributed by atoms with Gasteiger partial charge in [-0.05, 0) is 47.9 Å². The van der Waals surface area contributed by atoms with Crippen molar-refractivity contribution in [2.24, 2.45) is 0 Å². The zero-order valence-corrected chi connectivity index (χ0v) is 17.0. The van der Waals surface area contributed by atoms with E-state index in [4.69, 9.17) is 9.47 Å². The van der Waals surface area contributed by atoms with Gasteiger partial charge in [0.25, 0.3) is 5.91 Å². The normalized spacial score (nSPS) is 10.4. The fourth-order valence-electron chi connectivity index (χ4n) is 3.05. The quantitative estimate of drug-likeness (QED) is 0.494. The first-order valence-corrected chi connectivity index (χ1v) is 9.94. The summed E-state index contributed by atoms with van der Waals surface area (Å²) in [6, 6.07) is 23.6. The zero-order valence-electron chi connectivity index (χ0n) is 17.0. The van der Waals surface area contributed by atoms with Gasteiger partial charge in [0.15, 0.2) is 0 Å². The standard InChI is InChI=1S/C25H27NO3/c1-3-4-16-26-25(27)21-12-15-24(28-2)22(17-21)18-29-23-13-10-20(11-14-23)19-8-6-5-7-9-19/h5-15,17H,3-4,16,18H2,1-2H3,(H,26,27). The number of hydrogen-bond donors (Lipinski definition) is 1. The van der Waals surface area contributed by atoms with Gasteiger partial charge >= 0.3 is 0 Å². The monoisotopic (exact) mass is 389 g/mol. The maximum Gasteiger partial charge on any atom is 0.251 e. The molecule has 3 aromatic rings. The minimum Gasteiger partial charge on any atom is -0.496 e. The molecule has 0 atom stereocenters. The van der Waals surface area contributed by atoms with E-state index in [1.807, 2.05) is 54.6 Å². The Labute approximate surface area is 172 Å². The second kappa shape index (κ2) is 10.3. The van der Waals surface area contributed by atoms with Gasteiger partial charge in [-0.1, -0.05) is 55.8 Å². The number of rotatable bonds is 9. The maximum atomic E-state index is 12.3. The highest BCUT2D eigenvalue weighted by Crippen LogP contribution is 2.25. The number of carbonyl (C=O) groups excluding carboxylic acids is 1. The Balaban J connectivity index is 1.67. The predicted molar refractivity (Wildman–Crippen MR) is 116 cm³/mol. The minimum atomic E-state index is -0.0745. The molecule has 0 aliphatic rings. The molecule has 0 unspecified atom stereocenters. The van der Waals surface area contributed by atoms with Crippen molar-refractivity contribution in [3.05, 3.63) is 83.9 Å². The van der Waals surface area contributed by atoms with E-state index in [0.29, 0.717) is 24.5 Å². The molecule has 0 heterocycles. The molecule has 0 aliphatic heterocycles. The molecule has 0 spiro atoms. The number of benzene rings is 3. The molecular formula is C25H27NO3. The lowest BCUT2D eigenvalue weighted by Gasteiger charge is -2.13. The molecule has 3 rings (SSSR count). The largest absolute Gasteiger partial charge is 0.496 e. The molecular weight excluding hydrogens is 362 g/mol. The van der Waals surface area contributed by atoms with Crippen LogP contribution in [0.15, 0.2) is 72.8 Å². The van der Waals surface area contributed by atoms with Crippen molar-refractivity contribution in [2.75, 3.05) is 13.7 Å². The third-order valence-corrected chi connectivity index (χ3v) is 4.71. The van der Waals surface area contributed by atoms with E-state index in [0.717, 1.165) is 29.7 Å². The molecule has 4 nitrogen and oxygen atoms in total. The third-order valence-electron chi connectivity index (χ3n) is 4.71. The first kappa shape index (κ1) is 20.5. The summed E-state index contributed by atoms with van der Waals surface area (Å²) in [4.78, 5) is 12.3. The van der Waals surface area contributed by atoms with E-state index in [1.54, 1.807) is 13.2 Å². The van der Waals surface area contributed by atoms with Crippen molar-refractivity contribution in [3.63, 3.8) is 0 Å². The summed E-state index contributed by atoms with van der Waals surface area (Å²) < 4.78 is 11.4. The van der Waals surface area contributed by atoms with E-state index < -0.39 is 0 Å². The molecule has 0 fully saturated rings. The fraction of sp³-hybridized carbons (Fsp3) is 0.240. The lowest BCUT2D eigenvalue weighted by molar-refractivity contribution is 0.0953. The number of unbranched alkanes of at least 4 members (excludes halogenated alkanes) is 1. The van der Waals surface area contributed by atoms with Crippen LogP contribution in [0.5, 0.6) is 11.5 Å². The van der Waals surface area contributed by atoms with Crippen molar-refractivity contribution in [1.82, 2.24) is 5.32 Å². The molecule has 1 amide bonds. The van der Waals surface area contributed by atoms with Crippen LogP contribution in [0.4, 0.5) is 0 Å². The molecule has 0 aliphatic carbocycles. The van der Waals surface area contributed by atoms with Gasteiger partial charge in [0, 0.05) is 17.7 Å². The number of ether oxygens (including phenoxy) is 2. The number of nitrogens with one attached hydrogen (secondary N) is 1. The zero-order chi connectivity index (χ0) is 20.5. The molecule has 1 N–H and O–H groups in total. The van der Waals surface area contributed by atoms with Crippen molar-refractivity contribution in [1.29, 1.82) is 0 Å². The first-order valence-electron chi connectivity index (χ1n) is 9.94. The van der Waals surface area contributed by atoms with Crippen LogP contribution in [-0.2, 0) is 6.61 Å². The summed E-state index contributed by atoms with van der Waals surface area (Å²) in [5.74, 6) is 1.40.